The Hall–Kier alpha value is -6.59. The molecule has 0 radical (unpaired) electrons. The Bertz CT molecular complexity index is 2780. The lowest BCUT2D eigenvalue weighted by Gasteiger charge is -2.27. The predicted octanol–water partition coefficient (Wildman–Crippen LogP) is 12.0. The summed E-state index contributed by atoms with van der Waals surface area (Å²) in [6.07, 6.45) is 0. The van der Waals surface area contributed by atoms with E-state index in [1.54, 1.807) is 0 Å². The summed E-state index contributed by atoms with van der Waals surface area (Å²) in [6.45, 7) is 0. The Labute approximate surface area is 275 Å². The molecule has 3 heterocycles. The molecule has 0 N–H and O–H groups in total. The topological polar surface area (TPSA) is 47.3 Å². The maximum atomic E-state index is 6.78. The van der Waals surface area contributed by atoms with Crippen LogP contribution in [0, 0.1) is 0 Å². The fourth-order valence-corrected chi connectivity index (χ4v) is 7.10. The van der Waals surface area contributed by atoms with Gasteiger partial charge in [0.05, 0.1) is 22.4 Å². The Morgan fingerprint density at radius 3 is 1.98 bits per heavy atom. The van der Waals surface area contributed by atoms with Crippen LogP contribution >= 0.6 is 0 Å². The van der Waals surface area contributed by atoms with E-state index < -0.39 is 0 Å². The zero-order valence-corrected chi connectivity index (χ0v) is 25.7. The molecule has 3 aromatic heterocycles. The molecule has 10 aromatic rings. The van der Waals surface area contributed by atoms with E-state index in [2.05, 4.69) is 137 Å². The third-order valence-corrected chi connectivity index (χ3v) is 9.19. The van der Waals surface area contributed by atoms with Crippen molar-refractivity contribution in [2.45, 2.75) is 0 Å². The highest BCUT2D eigenvalue weighted by Crippen LogP contribution is 2.46. The third-order valence-electron chi connectivity index (χ3n) is 9.19. The molecule has 7 aromatic carbocycles. The molecule has 5 nitrogen and oxygen atoms in total. The van der Waals surface area contributed by atoms with Gasteiger partial charge in [0.1, 0.15) is 11.1 Å². The van der Waals surface area contributed by atoms with Gasteiger partial charge in [-0.05, 0) is 60.7 Å². The largest absolute Gasteiger partial charge is 0.454 e. The number of anilines is 3. The number of oxazole rings is 1. The number of aromatic nitrogens is 2. The second-order valence-electron chi connectivity index (χ2n) is 12.0. The van der Waals surface area contributed by atoms with E-state index in [0.717, 1.165) is 66.8 Å². The zero-order chi connectivity index (χ0) is 31.6. The minimum atomic E-state index is 0.598. The van der Waals surface area contributed by atoms with Crippen LogP contribution in [0.4, 0.5) is 17.1 Å². The van der Waals surface area contributed by atoms with Crippen molar-refractivity contribution in [1.29, 1.82) is 0 Å². The molecule has 0 spiro atoms. The smallest absolute Gasteiger partial charge is 0.227 e. The molecule has 0 fully saturated rings. The molecule has 48 heavy (non-hydrogen) atoms. The first-order valence-electron chi connectivity index (χ1n) is 16.1. The van der Waals surface area contributed by atoms with Crippen molar-refractivity contribution in [3.8, 4) is 17.1 Å². The van der Waals surface area contributed by atoms with Crippen LogP contribution in [0.2, 0.25) is 0 Å². The van der Waals surface area contributed by atoms with Gasteiger partial charge in [-0.3, -0.25) is 0 Å². The Balaban J connectivity index is 1.25. The van der Waals surface area contributed by atoms with Gasteiger partial charge >= 0.3 is 0 Å². The molecule has 5 heteroatoms. The van der Waals surface area contributed by atoms with Crippen molar-refractivity contribution in [2.24, 2.45) is 0 Å². The lowest BCUT2D eigenvalue weighted by atomic mass is 10.1. The first kappa shape index (κ1) is 26.6. The minimum Gasteiger partial charge on any atom is -0.454 e. The second-order valence-corrected chi connectivity index (χ2v) is 12.0. The summed E-state index contributed by atoms with van der Waals surface area (Å²) < 4.78 is 15.4. The number of furan rings is 1. The van der Waals surface area contributed by atoms with Crippen molar-refractivity contribution < 1.29 is 8.83 Å². The standard InChI is InChI=1S/C43H27N3O2/c1-4-14-28(15-5-1)43-44-35-26-34-33-22-13-25-38(42(33)47-39(34)27-40(35)48-43)45(29-16-6-2-7-17-29)37-24-12-21-32-31-20-10-11-23-36(31)46(41(32)37)30-18-8-3-9-19-30/h1-27H. The van der Waals surface area contributed by atoms with Gasteiger partial charge in [-0.25, -0.2) is 4.98 Å². The fraction of sp³-hybridized carbons (Fsp3) is 0. The van der Waals surface area contributed by atoms with Gasteiger partial charge in [-0.2, -0.15) is 0 Å². The number of benzene rings is 7. The van der Waals surface area contributed by atoms with E-state index in [4.69, 9.17) is 13.8 Å². The van der Waals surface area contributed by atoms with E-state index in [-0.39, 0.29) is 0 Å². The molecule has 0 unspecified atom stereocenters. The maximum Gasteiger partial charge on any atom is 0.227 e. The first-order chi connectivity index (χ1) is 23.8. The van der Waals surface area contributed by atoms with E-state index in [0.29, 0.717) is 11.5 Å². The van der Waals surface area contributed by atoms with Gasteiger partial charge in [-0.15, -0.1) is 0 Å². The van der Waals surface area contributed by atoms with E-state index in [1.165, 1.54) is 10.8 Å². The number of para-hydroxylation sites is 5. The Morgan fingerprint density at radius 2 is 1.17 bits per heavy atom. The lowest BCUT2D eigenvalue weighted by molar-refractivity contribution is 0.617. The van der Waals surface area contributed by atoms with Gasteiger partial charge in [0, 0.05) is 44.5 Å². The van der Waals surface area contributed by atoms with Gasteiger partial charge in [0.2, 0.25) is 5.89 Å². The van der Waals surface area contributed by atoms with Crippen molar-refractivity contribution in [1.82, 2.24) is 9.55 Å². The molecule has 226 valence electrons. The quantitative estimate of drug-likeness (QED) is 0.193. The van der Waals surface area contributed by atoms with Crippen LogP contribution in [0.3, 0.4) is 0 Å². The Morgan fingerprint density at radius 1 is 0.500 bits per heavy atom. The third kappa shape index (κ3) is 4.01. The van der Waals surface area contributed by atoms with Crippen LogP contribution < -0.4 is 4.90 Å². The molecule has 0 saturated heterocycles. The van der Waals surface area contributed by atoms with Crippen molar-refractivity contribution in [2.75, 3.05) is 4.90 Å². The molecule has 0 aliphatic rings. The average molecular weight is 618 g/mol. The summed E-state index contributed by atoms with van der Waals surface area (Å²) in [6, 6.07) is 56.7. The fourth-order valence-electron chi connectivity index (χ4n) is 7.10. The number of fused-ring (bicyclic) bond motifs is 7. The summed E-state index contributed by atoms with van der Waals surface area (Å²) in [5.74, 6) is 0.598. The molecular weight excluding hydrogens is 590 g/mol. The van der Waals surface area contributed by atoms with E-state index >= 15 is 0 Å². The molecule has 0 aliphatic carbocycles. The normalized spacial score (nSPS) is 11.8. The molecule has 10 rings (SSSR count). The van der Waals surface area contributed by atoms with Crippen LogP contribution in [0.15, 0.2) is 173 Å². The number of nitrogens with zero attached hydrogens (tertiary/aromatic N) is 3. The number of rotatable bonds is 5. The van der Waals surface area contributed by atoms with Crippen LogP contribution in [0.25, 0.3) is 72.0 Å². The summed E-state index contributed by atoms with van der Waals surface area (Å²) in [5, 5.41) is 4.41. The summed E-state index contributed by atoms with van der Waals surface area (Å²) in [5.41, 5.74) is 10.4. The summed E-state index contributed by atoms with van der Waals surface area (Å²) >= 11 is 0. The average Bonchev–Trinajstić information content (AvgIpc) is 3.84. The lowest BCUT2D eigenvalue weighted by Crippen LogP contribution is -2.11. The van der Waals surface area contributed by atoms with Crippen LogP contribution in [0.1, 0.15) is 0 Å². The number of hydrogen-bond acceptors (Lipinski definition) is 4. The molecule has 0 aliphatic heterocycles. The highest BCUT2D eigenvalue weighted by Gasteiger charge is 2.24. The molecule has 0 saturated carbocycles. The number of hydrogen-bond donors (Lipinski definition) is 0. The molecular formula is C43H27N3O2. The van der Waals surface area contributed by atoms with Crippen LogP contribution in [-0.2, 0) is 0 Å². The van der Waals surface area contributed by atoms with Crippen LogP contribution in [-0.4, -0.2) is 9.55 Å². The van der Waals surface area contributed by atoms with Crippen molar-refractivity contribution >= 4 is 71.9 Å². The SMILES string of the molecule is c1ccc(-c2nc3cc4c(cc3o2)oc2c(N(c3ccccc3)c3cccc5c6ccccc6n(-c6ccccc6)c35)cccc24)cc1. The van der Waals surface area contributed by atoms with Gasteiger partial charge in [0.15, 0.2) is 11.2 Å². The Kier molecular flexibility index (Phi) is 5.81. The van der Waals surface area contributed by atoms with Crippen LogP contribution in [0.5, 0.6) is 0 Å². The predicted molar refractivity (Wildman–Crippen MR) is 196 cm³/mol. The monoisotopic (exact) mass is 617 g/mol. The summed E-state index contributed by atoms with van der Waals surface area (Å²) in [4.78, 5) is 7.16. The van der Waals surface area contributed by atoms with Crippen molar-refractivity contribution in [3.05, 3.63) is 164 Å². The molecule has 0 atom stereocenters. The second kappa shape index (κ2) is 10.5. The zero-order valence-electron chi connectivity index (χ0n) is 25.7. The first-order valence-corrected chi connectivity index (χ1v) is 16.1. The van der Waals surface area contributed by atoms with Gasteiger partial charge in [-0.1, -0.05) is 97.1 Å². The van der Waals surface area contributed by atoms with E-state index in [1.807, 2.05) is 36.4 Å². The minimum absolute atomic E-state index is 0.598. The molecule has 0 bridgehead atoms. The van der Waals surface area contributed by atoms with E-state index in [9.17, 15) is 0 Å². The van der Waals surface area contributed by atoms with Gasteiger partial charge in [0.25, 0.3) is 0 Å². The summed E-state index contributed by atoms with van der Waals surface area (Å²) in [7, 11) is 0. The molecule has 0 amide bonds. The van der Waals surface area contributed by atoms with Crippen molar-refractivity contribution in [3.63, 3.8) is 0 Å². The maximum absolute atomic E-state index is 6.78. The highest BCUT2D eigenvalue weighted by atomic mass is 16.4. The van der Waals surface area contributed by atoms with Gasteiger partial charge < -0.3 is 18.3 Å². The highest BCUT2D eigenvalue weighted by molar-refractivity contribution is 6.17.